The molecule has 3 heteroatoms. The molecule has 2 atom stereocenters. The van der Waals surface area contributed by atoms with E-state index in [-0.39, 0.29) is 11.6 Å². The van der Waals surface area contributed by atoms with Gasteiger partial charge >= 0.3 is 0 Å². The summed E-state index contributed by atoms with van der Waals surface area (Å²) in [7, 11) is 2.29. The van der Waals surface area contributed by atoms with Gasteiger partial charge in [0.2, 0.25) is 0 Å². The monoisotopic (exact) mass is 475 g/mol. The summed E-state index contributed by atoms with van der Waals surface area (Å²) in [5, 5.41) is 5.29. The quantitative estimate of drug-likeness (QED) is 0.235. The smallest absolute Gasteiger partial charge is 0.0785 e. The Morgan fingerprint density at radius 3 is 2.35 bits per heavy atom. The summed E-state index contributed by atoms with van der Waals surface area (Å²) in [6.45, 7) is 0. The van der Waals surface area contributed by atoms with Crippen LogP contribution < -0.4 is 0 Å². The van der Waals surface area contributed by atoms with Crippen molar-refractivity contribution in [2.24, 2.45) is 0 Å². The summed E-state index contributed by atoms with van der Waals surface area (Å²) in [4.78, 5) is 2.56. The van der Waals surface area contributed by atoms with Gasteiger partial charge in [0.15, 0.2) is 0 Å². The molecular weight excluding hydrogens is 450 g/mol. The van der Waals surface area contributed by atoms with E-state index in [4.69, 9.17) is 0 Å². The predicted molar refractivity (Wildman–Crippen MR) is 154 cm³/mol. The fraction of sp³-hybridized carbons (Fsp3) is 0.118. The number of aromatic nitrogens is 2. The van der Waals surface area contributed by atoms with Crippen LogP contribution in [0.3, 0.4) is 0 Å². The number of para-hydroxylation sites is 3. The number of benzene rings is 4. The third kappa shape index (κ3) is 2.32. The van der Waals surface area contributed by atoms with Crippen LogP contribution in [-0.4, -0.2) is 26.6 Å². The molecule has 6 aromatic rings. The molecular formula is C34H25N3. The molecule has 0 N–H and O–H groups in total. The van der Waals surface area contributed by atoms with Crippen molar-refractivity contribution in [2.75, 3.05) is 7.05 Å². The summed E-state index contributed by atoms with van der Waals surface area (Å²) < 4.78 is 4.99. The van der Waals surface area contributed by atoms with Gasteiger partial charge in [-0.3, -0.25) is 4.90 Å². The maximum absolute atomic E-state index is 2.56. The van der Waals surface area contributed by atoms with E-state index >= 15 is 0 Å². The van der Waals surface area contributed by atoms with Crippen molar-refractivity contribution < 1.29 is 0 Å². The topological polar surface area (TPSA) is 13.1 Å². The Morgan fingerprint density at radius 1 is 0.703 bits per heavy atom. The minimum absolute atomic E-state index is 0.0613. The van der Waals surface area contributed by atoms with E-state index in [1.165, 1.54) is 60.6 Å². The van der Waals surface area contributed by atoms with Crippen LogP contribution in [0.25, 0.3) is 55.0 Å². The zero-order valence-corrected chi connectivity index (χ0v) is 20.6. The van der Waals surface area contributed by atoms with E-state index in [1.54, 1.807) is 0 Å². The Bertz CT molecular complexity index is 2030. The van der Waals surface area contributed by atoms with Crippen molar-refractivity contribution in [2.45, 2.75) is 18.0 Å². The second kappa shape index (κ2) is 6.70. The van der Waals surface area contributed by atoms with E-state index in [1.807, 2.05) is 0 Å². The standard InChI is InChI=1S/C34H25N3/c1-35-33-25-15-10-14-24-27-19-26-23-13-6-7-16-28(23)36(22-11-4-2-5-12-22)29(26)20-30(27)37(32(24)25)31(33)21-34(35)17-8-3-9-18-34/h2-17,19-21,33H,18H2,1H3/t33?,34-/m0/s1. The molecule has 0 fully saturated rings. The first-order valence-corrected chi connectivity index (χ1v) is 13.1. The van der Waals surface area contributed by atoms with Crippen LogP contribution in [-0.2, 0) is 0 Å². The largest absolute Gasteiger partial charge is 0.311 e. The molecule has 1 aliphatic carbocycles. The molecule has 1 unspecified atom stereocenters. The Balaban J connectivity index is 1.43. The fourth-order valence-corrected chi connectivity index (χ4v) is 7.32. The molecule has 9 rings (SSSR count). The van der Waals surface area contributed by atoms with Gasteiger partial charge in [-0.05, 0) is 55.4 Å². The molecule has 3 nitrogen and oxygen atoms in total. The van der Waals surface area contributed by atoms with E-state index in [9.17, 15) is 0 Å². The minimum Gasteiger partial charge on any atom is -0.311 e. The van der Waals surface area contributed by atoms with E-state index in [2.05, 4.69) is 136 Å². The van der Waals surface area contributed by atoms with Crippen molar-refractivity contribution in [3.63, 3.8) is 0 Å². The zero-order chi connectivity index (χ0) is 24.3. The molecule has 1 spiro atoms. The van der Waals surface area contributed by atoms with Crippen molar-refractivity contribution in [1.29, 1.82) is 0 Å². The number of likely N-dealkylation sites (N-methyl/N-ethyl adjacent to an activating group) is 1. The van der Waals surface area contributed by atoms with E-state index in [0.29, 0.717) is 0 Å². The van der Waals surface area contributed by atoms with Crippen LogP contribution in [0.1, 0.15) is 18.0 Å². The first-order chi connectivity index (χ1) is 18.3. The second-order valence-corrected chi connectivity index (χ2v) is 10.7. The molecule has 0 saturated heterocycles. The van der Waals surface area contributed by atoms with Gasteiger partial charge in [0.25, 0.3) is 0 Å². The van der Waals surface area contributed by atoms with Gasteiger partial charge in [0, 0.05) is 32.9 Å². The van der Waals surface area contributed by atoms with E-state index in [0.717, 1.165) is 6.42 Å². The molecule has 3 aliphatic rings. The van der Waals surface area contributed by atoms with Crippen LogP contribution in [0.15, 0.2) is 115 Å². The molecule has 37 heavy (non-hydrogen) atoms. The van der Waals surface area contributed by atoms with Crippen molar-refractivity contribution in [3.8, 4) is 5.69 Å². The SMILES string of the molecule is CN1C2C(=C[C@@]13C=CC=CC3)n1c3cc4c(cc3c3cccc2c31)c1ccccc1n4-c1ccccc1. The molecule has 2 aromatic heterocycles. The number of fused-ring (bicyclic) bond motifs is 9. The Kier molecular flexibility index (Phi) is 3.58. The van der Waals surface area contributed by atoms with Crippen molar-refractivity contribution in [1.82, 2.24) is 14.0 Å². The maximum Gasteiger partial charge on any atom is 0.0785 e. The van der Waals surface area contributed by atoms with Gasteiger partial charge < -0.3 is 9.13 Å². The molecule has 4 aromatic carbocycles. The number of hydrogen-bond acceptors (Lipinski definition) is 1. The minimum atomic E-state index is -0.0613. The molecule has 0 radical (unpaired) electrons. The summed E-state index contributed by atoms with van der Waals surface area (Å²) >= 11 is 0. The molecule has 0 amide bonds. The van der Waals surface area contributed by atoms with Gasteiger partial charge in [-0.2, -0.15) is 0 Å². The molecule has 2 aliphatic heterocycles. The number of allylic oxidation sites excluding steroid dienone is 2. The third-order valence-corrected chi connectivity index (χ3v) is 8.98. The van der Waals surface area contributed by atoms with Gasteiger partial charge in [-0.15, -0.1) is 0 Å². The number of nitrogens with zero attached hydrogens (tertiary/aromatic N) is 3. The number of hydrogen-bond donors (Lipinski definition) is 0. The molecule has 0 saturated carbocycles. The molecule has 0 bridgehead atoms. The summed E-state index contributed by atoms with van der Waals surface area (Å²) in [5.74, 6) is 0. The lowest BCUT2D eigenvalue weighted by molar-refractivity contribution is 0.204. The highest BCUT2D eigenvalue weighted by Crippen LogP contribution is 2.55. The first-order valence-electron chi connectivity index (χ1n) is 13.1. The van der Waals surface area contributed by atoms with Crippen molar-refractivity contribution >= 4 is 49.3 Å². The Labute approximate surface area is 214 Å². The summed E-state index contributed by atoms with van der Waals surface area (Å²) in [6.07, 6.45) is 12.6. The van der Waals surface area contributed by atoms with Crippen LogP contribution in [0.5, 0.6) is 0 Å². The first kappa shape index (κ1) is 19.8. The van der Waals surface area contributed by atoms with E-state index < -0.39 is 0 Å². The fourth-order valence-electron chi connectivity index (χ4n) is 7.32. The number of rotatable bonds is 1. The van der Waals surface area contributed by atoms with Gasteiger partial charge in [0.05, 0.1) is 33.6 Å². The highest BCUT2D eigenvalue weighted by Gasteiger charge is 2.47. The normalized spacial score (nSPS) is 22.3. The van der Waals surface area contributed by atoms with Gasteiger partial charge in [0.1, 0.15) is 0 Å². The predicted octanol–water partition coefficient (Wildman–Crippen LogP) is 7.99. The lowest BCUT2D eigenvalue weighted by atomic mass is 9.91. The highest BCUT2D eigenvalue weighted by molar-refractivity contribution is 6.21. The lowest BCUT2D eigenvalue weighted by Crippen LogP contribution is -2.41. The van der Waals surface area contributed by atoms with Gasteiger partial charge in [-0.1, -0.05) is 78.9 Å². The molecule has 176 valence electrons. The van der Waals surface area contributed by atoms with Gasteiger partial charge in [-0.25, -0.2) is 0 Å². The Morgan fingerprint density at radius 2 is 1.49 bits per heavy atom. The van der Waals surface area contributed by atoms with Crippen molar-refractivity contribution in [3.05, 3.63) is 121 Å². The van der Waals surface area contributed by atoms with Crippen LogP contribution in [0.2, 0.25) is 0 Å². The highest BCUT2D eigenvalue weighted by atomic mass is 15.3. The summed E-state index contributed by atoms with van der Waals surface area (Å²) in [6, 6.07) is 31.6. The maximum atomic E-state index is 2.56. The lowest BCUT2D eigenvalue weighted by Gasteiger charge is -2.36. The Hall–Kier alpha value is -4.34. The van der Waals surface area contributed by atoms with Crippen LogP contribution >= 0.6 is 0 Å². The average Bonchev–Trinajstić information content (AvgIpc) is 3.63. The third-order valence-electron chi connectivity index (χ3n) is 8.98. The summed E-state index contributed by atoms with van der Waals surface area (Å²) in [5.41, 5.74) is 9.12. The molecule has 4 heterocycles. The van der Waals surface area contributed by atoms with Crippen LogP contribution in [0.4, 0.5) is 0 Å². The van der Waals surface area contributed by atoms with Crippen LogP contribution in [0, 0.1) is 0 Å². The average molecular weight is 476 g/mol. The zero-order valence-electron chi connectivity index (χ0n) is 20.6. The second-order valence-electron chi connectivity index (χ2n) is 10.7.